The summed E-state index contributed by atoms with van der Waals surface area (Å²) >= 11 is 0. The van der Waals surface area contributed by atoms with E-state index >= 15 is 0 Å². The van der Waals surface area contributed by atoms with E-state index in [1.165, 1.54) is 0 Å². The van der Waals surface area contributed by atoms with E-state index in [0.29, 0.717) is 37.3 Å². The van der Waals surface area contributed by atoms with Gasteiger partial charge < -0.3 is 20.3 Å². The fourth-order valence-electron chi connectivity index (χ4n) is 4.00. The summed E-state index contributed by atoms with van der Waals surface area (Å²) in [6.45, 7) is 4.42. The number of morpholine rings is 1. The lowest BCUT2D eigenvalue weighted by Gasteiger charge is -2.39. The minimum absolute atomic E-state index is 0.00979. The van der Waals surface area contributed by atoms with Gasteiger partial charge in [-0.1, -0.05) is 0 Å². The largest absolute Gasteiger partial charge is 0.365 e. The van der Waals surface area contributed by atoms with Gasteiger partial charge in [-0.25, -0.2) is 0 Å². The van der Waals surface area contributed by atoms with Crippen LogP contribution in [0.5, 0.6) is 0 Å². The zero-order valence-electron chi connectivity index (χ0n) is 15.3. The number of hydrogen-bond donors (Lipinski definition) is 1. The number of hydrogen-bond acceptors (Lipinski definition) is 6. The number of ether oxygens (including phenoxy) is 1. The molecule has 0 bridgehead atoms. The number of carbonyl (C=O) groups is 1. The molecule has 7 nitrogen and oxygen atoms in total. The molecule has 0 spiro atoms. The SMILES string of the molecule is C[C@@H]1CN(c2ccc(C#N)c3ncccc23)C[C@H](C(=O)N2CC[C@H](N)C2)O1. The lowest BCUT2D eigenvalue weighted by Crippen LogP contribution is -2.53. The average molecular weight is 365 g/mol. The Balaban J connectivity index is 1.63. The molecule has 3 atom stereocenters. The minimum Gasteiger partial charge on any atom is -0.365 e. The third-order valence-corrected chi connectivity index (χ3v) is 5.28. The summed E-state index contributed by atoms with van der Waals surface area (Å²) in [7, 11) is 0. The van der Waals surface area contributed by atoms with Crippen molar-refractivity contribution in [3.8, 4) is 6.07 Å². The van der Waals surface area contributed by atoms with Crippen molar-refractivity contribution in [3.63, 3.8) is 0 Å². The average Bonchev–Trinajstić information content (AvgIpc) is 3.12. The standard InChI is InChI=1S/C20H23N5O2/c1-13-10-25(12-18(27-13)20(26)24-8-6-15(22)11-24)17-5-4-14(9-21)19-16(17)3-2-7-23-19/h2-5,7,13,15,18H,6,8,10-12,22H2,1H3/t13-,15+,18-/m1/s1. The number of pyridine rings is 1. The molecule has 0 unspecified atom stereocenters. The predicted molar refractivity (Wildman–Crippen MR) is 102 cm³/mol. The summed E-state index contributed by atoms with van der Waals surface area (Å²) in [4.78, 5) is 21.3. The Hall–Kier alpha value is -2.69. The number of nitrogens with two attached hydrogens (primary N) is 1. The number of aromatic nitrogens is 1. The van der Waals surface area contributed by atoms with Crippen LogP contribution in [0, 0.1) is 11.3 Å². The summed E-state index contributed by atoms with van der Waals surface area (Å²) in [5.74, 6) is 0.00979. The number of nitrogens with zero attached hydrogens (tertiary/aromatic N) is 4. The van der Waals surface area contributed by atoms with E-state index in [-0.39, 0.29) is 18.1 Å². The van der Waals surface area contributed by atoms with Gasteiger partial charge in [0.25, 0.3) is 5.91 Å². The van der Waals surface area contributed by atoms with Gasteiger partial charge in [0.2, 0.25) is 0 Å². The van der Waals surface area contributed by atoms with Crippen LogP contribution in [0.4, 0.5) is 5.69 Å². The van der Waals surface area contributed by atoms with Crippen molar-refractivity contribution in [2.24, 2.45) is 5.73 Å². The molecule has 1 aromatic carbocycles. The first-order valence-corrected chi connectivity index (χ1v) is 9.29. The van der Waals surface area contributed by atoms with Crippen LogP contribution in [0.3, 0.4) is 0 Å². The van der Waals surface area contributed by atoms with Crippen molar-refractivity contribution in [1.82, 2.24) is 9.88 Å². The van der Waals surface area contributed by atoms with Crippen LogP contribution in [0.15, 0.2) is 30.5 Å². The Labute approximate surface area is 158 Å². The first-order valence-electron chi connectivity index (χ1n) is 9.29. The number of amides is 1. The quantitative estimate of drug-likeness (QED) is 0.861. The Bertz CT molecular complexity index is 909. The molecule has 2 aliphatic heterocycles. The third-order valence-electron chi connectivity index (χ3n) is 5.28. The molecule has 1 amide bonds. The van der Waals surface area contributed by atoms with E-state index in [4.69, 9.17) is 10.5 Å². The van der Waals surface area contributed by atoms with Gasteiger partial charge in [0.05, 0.1) is 23.7 Å². The van der Waals surface area contributed by atoms with Crippen molar-refractivity contribution < 1.29 is 9.53 Å². The molecule has 3 heterocycles. The first kappa shape index (κ1) is 17.7. The molecule has 2 N–H and O–H groups in total. The highest BCUT2D eigenvalue weighted by molar-refractivity contribution is 5.95. The fraction of sp³-hybridized carbons (Fsp3) is 0.450. The molecule has 2 aliphatic rings. The van der Waals surface area contributed by atoms with Crippen LogP contribution in [0.25, 0.3) is 10.9 Å². The second kappa shape index (κ2) is 7.14. The van der Waals surface area contributed by atoms with Crippen molar-refractivity contribution in [2.45, 2.75) is 31.6 Å². The monoisotopic (exact) mass is 365 g/mol. The molecular formula is C20H23N5O2. The molecule has 2 saturated heterocycles. The van der Waals surface area contributed by atoms with E-state index in [1.807, 2.05) is 30.0 Å². The number of fused-ring (bicyclic) bond motifs is 1. The molecule has 2 aromatic rings. The Morgan fingerprint density at radius 1 is 1.33 bits per heavy atom. The van der Waals surface area contributed by atoms with Crippen LogP contribution in [-0.2, 0) is 9.53 Å². The van der Waals surface area contributed by atoms with E-state index in [2.05, 4.69) is 16.0 Å². The molecule has 4 rings (SSSR count). The molecule has 140 valence electrons. The van der Waals surface area contributed by atoms with Gasteiger partial charge in [-0.3, -0.25) is 9.78 Å². The smallest absolute Gasteiger partial charge is 0.253 e. The Morgan fingerprint density at radius 3 is 2.93 bits per heavy atom. The fourth-order valence-corrected chi connectivity index (χ4v) is 4.00. The molecule has 2 fully saturated rings. The second-order valence-corrected chi connectivity index (χ2v) is 7.32. The number of nitriles is 1. The first-order chi connectivity index (χ1) is 13.1. The summed E-state index contributed by atoms with van der Waals surface area (Å²) in [5.41, 5.74) is 8.16. The molecule has 0 aliphatic carbocycles. The second-order valence-electron chi connectivity index (χ2n) is 7.32. The maximum atomic E-state index is 12.9. The molecule has 1 aromatic heterocycles. The minimum atomic E-state index is -0.513. The van der Waals surface area contributed by atoms with Gasteiger partial charge >= 0.3 is 0 Å². The zero-order chi connectivity index (χ0) is 19.0. The topological polar surface area (TPSA) is 95.5 Å². The molecule has 7 heteroatoms. The Morgan fingerprint density at radius 2 is 2.19 bits per heavy atom. The number of rotatable bonds is 2. The van der Waals surface area contributed by atoms with Crippen LogP contribution >= 0.6 is 0 Å². The lowest BCUT2D eigenvalue weighted by atomic mass is 10.1. The van der Waals surface area contributed by atoms with Crippen molar-refractivity contribution in [2.75, 3.05) is 31.1 Å². The summed E-state index contributed by atoms with van der Waals surface area (Å²) in [6, 6.07) is 9.82. The van der Waals surface area contributed by atoms with Crippen LogP contribution in [0.2, 0.25) is 0 Å². The number of carbonyl (C=O) groups excluding carboxylic acids is 1. The van der Waals surface area contributed by atoms with Gasteiger partial charge in [0.15, 0.2) is 6.10 Å². The highest BCUT2D eigenvalue weighted by Gasteiger charge is 2.36. The third kappa shape index (κ3) is 3.34. The summed E-state index contributed by atoms with van der Waals surface area (Å²) < 4.78 is 5.96. The van der Waals surface area contributed by atoms with Gasteiger partial charge in [-0.2, -0.15) is 5.26 Å². The van der Waals surface area contributed by atoms with Crippen LogP contribution in [-0.4, -0.2) is 60.2 Å². The molecule has 0 saturated carbocycles. The van der Waals surface area contributed by atoms with Gasteiger partial charge in [0.1, 0.15) is 6.07 Å². The normalized spacial score (nSPS) is 25.6. The highest BCUT2D eigenvalue weighted by atomic mass is 16.5. The van der Waals surface area contributed by atoms with Crippen molar-refractivity contribution in [3.05, 3.63) is 36.0 Å². The van der Waals surface area contributed by atoms with Crippen LogP contribution in [0.1, 0.15) is 18.9 Å². The van der Waals surface area contributed by atoms with E-state index in [9.17, 15) is 10.1 Å². The van der Waals surface area contributed by atoms with Crippen LogP contribution < -0.4 is 10.6 Å². The van der Waals surface area contributed by atoms with Crippen molar-refractivity contribution >= 4 is 22.5 Å². The molecular weight excluding hydrogens is 342 g/mol. The molecule has 27 heavy (non-hydrogen) atoms. The van der Waals surface area contributed by atoms with E-state index < -0.39 is 6.10 Å². The van der Waals surface area contributed by atoms with Gasteiger partial charge in [-0.05, 0) is 37.6 Å². The zero-order valence-corrected chi connectivity index (χ0v) is 15.3. The lowest BCUT2D eigenvalue weighted by molar-refractivity contribution is -0.147. The van der Waals surface area contributed by atoms with E-state index in [1.54, 1.807) is 12.3 Å². The number of benzene rings is 1. The van der Waals surface area contributed by atoms with Crippen molar-refractivity contribution in [1.29, 1.82) is 5.26 Å². The number of anilines is 1. The van der Waals surface area contributed by atoms with E-state index in [0.717, 1.165) is 17.5 Å². The number of likely N-dealkylation sites (tertiary alicyclic amines) is 1. The maximum absolute atomic E-state index is 12.9. The Kier molecular flexibility index (Phi) is 4.68. The molecule has 0 radical (unpaired) electrons. The predicted octanol–water partition coefficient (Wildman–Crippen LogP) is 1.26. The maximum Gasteiger partial charge on any atom is 0.253 e. The summed E-state index contributed by atoms with van der Waals surface area (Å²) in [5, 5.41) is 10.3. The highest BCUT2D eigenvalue weighted by Crippen LogP contribution is 2.30. The summed E-state index contributed by atoms with van der Waals surface area (Å²) in [6.07, 6.45) is 1.94. The van der Waals surface area contributed by atoms with Gasteiger partial charge in [0, 0.05) is 42.9 Å². The van der Waals surface area contributed by atoms with Gasteiger partial charge in [-0.15, -0.1) is 0 Å².